The highest BCUT2D eigenvalue weighted by Crippen LogP contribution is 2.19. The van der Waals surface area contributed by atoms with Gasteiger partial charge < -0.3 is 15.2 Å². The molecule has 0 aliphatic rings. The number of benzene rings is 1. The average molecular weight is 361 g/mol. The van der Waals surface area contributed by atoms with E-state index in [0.29, 0.717) is 5.75 Å². The zero-order valence-corrected chi connectivity index (χ0v) is 15.8. The van der Waals surface area contributed by atoms with E-state index in [2.05, 4.69) is 15.8 Å². The van der Waals surface area contributed by atoms with Gasteiger partial charge in [-0.25, -0.2) is 0 Å². The Kier molecular flexibility index (Phi) is 6.64. The van der Waals surface area contributed by atoms with Crippen LogP contribution in [0.15, 0.2) is 22.7 Å². The van der Waals surface area contributed by atoms with E-state index >= 15 is 0 Å². The molecule has 0 bridgehead atoms. The maximum absolute atomic E-state index is 12.0. The zero-order chi connectivity index (χ0) is 18.4. The largest absolute Gasteiger partial charge is 0.361 e. The van der Waals surface area contributed by atoms with Gasteiger partial charge >= 0.3 is 0 Å². The number of rotatable bonds is 7. The van der Waals surface area contributed by atoms with Crippen molar-refractivity contribution in [3.05, 3.63) is 46.3 Å². The van der Waals surface area contributed by atoms with E-state index in [4.69, 9.17) is 4.52 Å². The first kappa shape index (κ1) is 19.1. The summed E-state index contributed by atoms with van der Waals surface area (Å²) in [4.78, 5) is 23.8. The standard InChI is InChI=1S/C18H23N3O3S/c1-11-6-5-7-16(12(11)2)20-17(22)8-19-18(23)10-25-9-15-13(3)21-24-14(15)4/h5-7H,8-10H2,1-4H3,(H,19,23)(H,20,22). The molecule has 1 heterocycles. The smallest absolute Gasteiger partial charge is 0.243 e. The molecule has 0 spiro atoms. The topological polar surface area (TPSA) is 84.2 Å². The Hall–Kier alpha value is -2.28. The van der Waals surface area contributed by atoms with Crippen LogP contribution < -0.4 is 10.6 Å². The summed E-state index contributed by atoms with van der Waals surface area (Å²) in [5.74, 6) is 1.30. The summed E-state index contributed by atoms with van der Waals surface area (Å²) in [6.45, 7) is 7.63. The second-order valence-corrected chi connectivity index (χ2v) is 6.85. The number of aromatic nitrogens is 1. The Morgan fingerprint density at radius 2 is 1.92 bits per heavy atom. The molecular formula is C18H23N3O3S. The highest BCUT2D eigenvalue weighted by atomic mass is 32.2. The van der Waals surface area contributed by atoms with E-state index in [1.807, 2.05) is 45.9 Å². The van der Waals surface area contributed by atoms with E-state index in [0.717, 1.165) is 33.8 Å². The second kappa shape index (κ2) is 8.71. The highest BCUT2D eigenvalue weighted by Gasteiger charge is 2.11. The van der Waals surface area contributed by atoms with E-state index in [1.54, 1.807) is 0 Å². The number of carbonyl (C=O) groups excluding carboxylic acids is 2. The van der Waals surface area contributed by atoms with Gasteiger partial charge in [0.1, 0.15) is 5.76 Å². The normalized spacial score (nSPS) is 10.6. The van der Waals surface area contributed by atoms with Crippen molar-refractivity contribution < 1.29 is 14.1 Å². The van der Waals surface area contributed by atoms with Gasteiger partial charge in [-0.1, -0.05) is 17.3 Å². The molecule has 2 rings (SSSR count). The number of nitrogens with zero attached hydrogens (tertiary/aromatic N) is 1. The van der Waals surface area contributed by atoms with Crippen LogP contribution in [-0.2, 0) is 15.3 Å². The molecule has 1 aromatic heterocycles. The minimum absolute atomic E-state index is 0.0436. The zero-order valence-electron chi connectivity index (χ0n) is 14.9. The molecule has 2 amide bonds. The van der Waals surface area contributed by atoms with Gasteiger partial charge in [0, 0.05) is 17.0 Å². The first-order valence-electron chi connectivity index (χ1n) is 8.00. The van der Waals surface area contributed by atoms with Crippen LogP contribution in [0.3, 0.4) is 0 Å². The molecule has 0 saturated carbocycles. The van der Waals surface area contributed by atoms with Crippen molar-refractivity contribution in [2.75, 3.05) is 17.6 Å². The fourth-order valence-electron chi connectivity index (χ4n) is 2.26. The number of amides is 2. The van der Waals surface area contributed by atoms with Crippen LogP contribution in [0, 0.1) is 27.7 Å². The minimum Gasteiger partial charge on any atom is -0.361 e. The Bertz CT molecular complexity index is 751. The maximum atomic E-state index is 12.0. The molecule has 0 aliphatic heterocycles. The Balaban J connectivity index is 1.72. The predicted molar refractivity (Wildman–Crippen MR) is 99.7 cm³/mol. The molecular weight excluding hydrogens is 338 g/mol. The third-order valence-corrected chi connectivity index (χ3v) is 4.94. The van der Waals surface area contributed by atoms with Crippen LogP contribution in [0.2, 0.25) is 0 Å². The number of hydrogen-bond acceptors (Lipinski definition) is 5. The molecule has 0 fully saturated rings. The van der Waals surface area contributed by atoms with Gasteiger partial charge in [0.25, 0.3) is 0 Å². The number of nitrogens with one attached hydrogen (secondary N) is 2. The van der Waals surface area contributed by atoms with E-state index in [-0.39, 0.29) is 24.1 Å². The first-order valence-corrected chi connectivity index (χ1v) is 9.16. The number of anilines is 1. The van der Waals surface area contributed by atoms with Crippen molar-refractivity contribution in [1.29, 1.82) is 0 Å². The van der Waals surface area contributed by atoms with Crippen LogP contribution in [0.25, 0.3) is 0 Å². The number of hydrogen-bond donors (Lipinski definition) is 2. The molecule has 0 aliphatic carbocycles. The van der Waals surface area contributed by atoms with Crippen LogP contribution >= 0.6 is 11.8 Å². The molecule has 6 nitrogen and oxygen atoms in total. The third-order valence-electron chi connectivity index (χ3n) is 3.99. The van der Waals surface area contributed by atoms with E-state index in [9.17, 15) is 9.59 Å². The van der Waals surface area contributed by atoms with Crippen LogP contribution in [0.5, 0.6) is 0 Å². The van der Waals surface area contributed by atoms with Gasteiger partial charge in [-0.2, -0.15) is 0 Å². The SMILES string of the molecule is Cc1cccc(NC(=O)CNC(=O)CSCc2c(C)noc2C)c1C. The molecule has 25 heavy (non-hydrogen) atoms. The summed E-state index contributed by atoms with van der Waals surface area (Å²) in [5.41, 5.74) is 4.77. The summed E-state index contributed by atoms with van der Waals surface area (Å²) in [7, 11) is 0. The summed E-state index contributed by atoms with van der Waals surface area (Å²) in [5, 5.41) is 9.34. The van der Waals surface area contributed by atoms with Crippen LogP contribution in [0.4, 0.5) is 5.69 Å². The minimum atomic E-state index is -0.238. The van der Waals surface area contributed by atoms with Gasteiger partial charge in [-0.3, -0.25) is 9.59 Å². The Morgan fingerprint density at radius 1 is 1.16 bits per heavy atom. The number of carbonyl (C=O) groups is 2. The Morgan fingerprint density at radius 3 is 2.60 bits per heavy atom. The van der Waals surface area contributed by atoms with Crippen molar-refractivity contribution in [3.8, 4) is 0 Å². The molecule has 2 N–H and O–H groups in total. The summed E-state index contributed by atoms with van der Waals surface area (Å²) in [6.07, 6.45) is 0. The molecule has 7 heteroatoms. The van der Waals surface area contributed by atoms with Crippen LogP contribution in [0.1, 0.15) is 28.1 Å². The summed E-state index contributed by atoms with van der Waals surface area (Å²) < 4.78 is 5.09. The lowest BCUT2D eigenvalue weighted by atomic mass is 10.1. The lowest BCUT2D eigenvalue weighted by Gasteiger charge is -2.11. The van der Waals surface area contributed by atoms with Gasteiger partial charge in [-0.15, -0.1) is 11.8 Å². The third kappa shape index (κ3) is 5.35. The second-order valence-electron chi connectivity index (χ2n) is 5.87. The van der Waals surface area contributed by atoms with Crippen molar-refractivity contribution in [3.63, 3.8) is 0 Å². The van der Waals surface area contributed by atoms with Gasteiger partial charge in [0.15, 0.2) is 0 Å². The molecule has 0 radical (unpaired) electrons. The quantitative estimate of drug-likeness (QED) is 0.792. The number of thioether (sulfide) groups is 1. The van der Waals surface area contributed by atoms with Gasteiger partial charge in [0.05, 0.1) is 18.0 Å². The van der Waals surface area contributed by atoms with E-state index < -0.39 is 0 Å². The summed E-state index contributed by atoms with van der Waals surface area (Å²) in [6, 6.07) is 5.73. The maximum Gasteiger partial charge on any atom is 0.243 e. The van der Waals surface area contributed by atoms with Crippen LogP contribution in [-0.4, -0.2) is 29.3 Å². The lowest BCUT2D eigenvalue weighted by molar-refractivity contribution is -0.122. The molecule has 1 aromatic carbocycles. The molecule has 134 valence electrons. The van der Waals surface area contributed by atoms with Gasteiger partial charge in [0.2, 0.25) is 11.8 Å². The number of aryl methyl sites for hydroxylation is 3. The molecule has 0 atom stereocenters. The molecule has 0 saturated heterocycles. The van der Waals surface area contributed by atoms with E-state index in [1.165, 1.54) is 11.8 Å². The fraction of sp³-hybridized carbons (Fsp3) is 0.389. The van der Waals surface area contributed by atoms with Gasteiger partial charge in [-0.05, 0) is 44.9 Å². The first-order chi connectivity index (χ1) is 11.9. The highest BCUT2D eigenvalue weighted by molar-refractivity contribution is 7.99. The van der Waals surface area contributed by atoms with Crippen molar-refractivity contribution in [2.24, 2.45) is 0 Å². The Labute approximate surface area is 151 Å². The molecule has 0 unspecified atom stereocenters. The monoisotopic (exact) mass is 361 g/mol. The average Bonchev–Trinajstić information content (AvgIpc) is 2.89. The van der Waals surface area contributed by atoms with Crippen molar-refractivity contribution in [1.82, 2.24) is 10.5 Å². The predicted octanol–water partition coefficient (Wildman–Crippen LogP) is 2.90. The lowest BCUT2D eigenvalue weighted by Crippen LogP contribution is -2.34. The summed E-state index contributed by atoms with van der Waals surface area (Å²) >= 11 is 1.46. The van der Waals surface area contributed by atoms with Crippen molar-refractivity contribution in [2.45, 2.75) is 33.4 Å². The fourth-order valence-corrected chi connectivity index (χ4v) is 3.27. The van der Waals surface area contributed by atoms with Crippen molar-refractivity contribution >= 4 is 29.3 Å². The molecule has 2 aromatic rings.